The molecule has 4 nitrogen and oxygen atoms in total. The number of aromatic nitrogens is 1. The van der Waals surface area contributed by atoms with Crippen LogP contribution in [0.5, 0.6) is 0 Å². The topological polar surface area (TPSA) is 49.3 Å². The summed E-state index contributed by atoms with van der Waals surface area (Å²) in [6.45, 7) is 2.32. The van der Waals surface area contributed by atoms with Crippen LogP contribution in [0.2, 0.25) is 0 Å². The molecule has 0 radical (unpaired) electrons. The summed E-state index contributed by atoms with van der Waals surface area (Å²) < 4.78 is 52.1. The Balaban J connectivity index is 0.00000338. The SMILES string of the molecule is CCc1cnc(CNC(=NC)NCc2ccc(F)cc2C(F)(F)F)s1.I. The number of benzene rings is 1. The lowest BCUT2D eigenvalue weighted by atomic mass is 10.1. The predicted molar refractivity (Wildman–Crippen MR) is 105 cm³/mol. The average molecular weight is 502 g/mol. The highest BCUT2D eigenvalue weighted by Crippen LogP contribution is 2.32. The molecule has 0 amide bonds. The molecule has 0 aliphatic heterocycles. The molecule has 1 aromatic carbocycles. The molecule has 0 bridgehead atoms. The number of alkyl halides is 3. The third kappa shape index (κ3) is 6.38. The first-order valence-corrected chi connectivity index (χ1v) is 8.38. The van der Waals surface area contributed by atoms with E-state index < -0.39 is 17.6 Å². The van der Waals surface area contributed by atoms with Crippen LogP contribution in [0.1, 0.15) is 27.9 Å². The summed E-state index contributed by atoms with van der Waals surface area (Å²) >= 11 is 1.56. The molecule has 144 valence electrons. The summed E-state index contributed by atoms with van der Waals surface area (Å²) in [4.78, 5) is 9.37. The summed E-state index contributed by atoms with van der Waals surface area (Å²) in [7, 11) is 1.52. The van der Waals surface area contributed by atoms with Gasteiger partial charge in [0.2, 0.25) is 0 Å². The van der Waals surface area contributed by atoms with E-state index in [1.165, 1.54) is 7.05 Å². The Hall–Kier alpha value is -1.43. The molecular weight excluding hydrogens is 483 g/mol. The number of hydrogen-bond donors (Lipinski definition) is 2. The Morgan fingerprint density at radius 2 is 1.92 bits per heavy atom. The van der Waals surface area contributed by atoms with E-state index in [1.54, 1.807) is 17.5 Å². The lowest BCUT2D eigenvalue weighted by molar-refractivity contribution is -0.138. The van der Waals surface area contributed by atoms with Crippen LogP contribution in [0.3, 0.4) is 0 Å². The number of thiazole rings is 1. The maximum atomic E-state index is 13.1. The smallest absolute Gasteiger partial charge is 0.352 e. The van der Waals surface area contributed by atoms with Gasteiger partial charge in [-0.2, -0.15) is 13.2 Å². The van der Waals surface area contributed by atoms with Gasteiger partial charge in [0.15, 0.2) is 5.96 Å². The summed E-state index contributed by atoms with van der Waals surface area (Å²) in [5.41, 5.74) is -1.05. The Labute approximate surface area is 170 Å². The normalized spacial score (nSPS) is 11.8. The van der Waals surface area contributed by atoms with E-state index in [9.17, 15) is 17.6 Å². The molecule has 10 heteroatoms. The minimum atomic E-state index is -4.62. The number of rotatable bonds is 5. The fourth-order valence-electron chi connectivity index (χ4n) is 2.12. The van der Waals surface area contributed by atoms with Gasteiger partial charge in [0.05, 0.1) is 12.1 Å². The van der Waals surface area contributed by atoms with E-state index in [1.807, 2.05) is 6.92 Å². The van der Waals surface area contributed by atoms with Crippen molar-refractivity contribution < 1.29 is 17.6 Å². The van der Waals surface area contributed by atoms with E-state index in [0.29, 0.717) is 18.6 Å². The van der Waals surface area contributed by atoms with Crippen molar-refractivity contribution in [1.82, 2.24) is 15.6 Å². The second-order valence-electron chi connectivity index (χ2n) is 5.15. The van der Waals surface area contributed by atoms with Crippen molar-refractivity contribution in [2.75, 3.05) is 7.05 Å². The van der Waals surface area contributed by atoms with E-state index in [0.717, 1.165) is 28.4 Å². The number of nitrogens with one attached hydrogen (secondary N) is 2. The zero-order valence-electron chi connectivity index (χ0n) is 14.2. The molecule has 0 aliphatic rings. The summed E-state index contributed by atoms with van der Waals surface area (Å²) in [5.74, 6) is -0.584. The van der Waals surface area contributed by atoms with Gasteiger partial charge in [-0.05, 0) is 24.1 Å². The lowest BCUT2D eigenvalue weighted by Crippen LogP contribution is -2.36. The minimum absolute atomic E-state index is 0. The molecule has 26 heavy (non-hydrogen) atoms. The van der Waals surface area contributed by atoms with Crippen LogP contribution in [0, 0.1) is 5.82 Å². The van der Waals surface area contributed by atoms with Crippen LogP contribution in [0.25, 0.3) is 0 Å². The largest absolute Gasteiger partial charge is 0.416 e. The summed E-state index contributed by atoms with van der Waals surface area (Å²) in [6.07, 6.45) is -1.92. The van der Waals surface area contributed by atoms with Gasteiger partial charge < -0.3 is 10.6 Å². The van der Waals surface area contributed by atoms with Crippen molar-refractivity contribution in [3.8, 4) is 0 Å². The molecule has 0 atom stereocenters. The Morgan fingerprint density at radius 3 is 2.50 bits per heavy atom. The molecule has 1 heterocycles. The number of hydrogen-bond acceptors (Lipinski definition) is 3. The number of halogens is 5. The standard InChI is InChI=1S/C16H18F4N4S.HI/c1-3-12-8-22-14(25-12)9-24-15(21-2)23-7-10-4-5-11(17)6-13(10)16(18,19)20;/h4-6,8H,3,7,9H2,1-2H3,(H2,21,23,24);1H. The van der Waals surface area contributed by atoms with Crippen LogP contribution < -0.4 is 10.6 Å². The first-order valence-electron chi connectivity index (χ1n) is 7.57. The van der Waals surface area contributed by atoms with Gasteiger partial charge in [0.25, 0.3) is 0 Å². The van der Waals surface area contributed by atoms with Gasteiger partial charge >= 0.3 is 6.18 Å². The molecule has 0 aliphatic carbocycles. The zero-order chi connectivity index (χ0) is 18.4. The van der Waals surface area contributed by atoms with Crippen LogP contribution in [-0.2, 0) is 25.7 Å². The van der Waals surface area contributed by atoms with Gasteiger partial charge in [0.1, 0.15) is 10.8 Å². The second kappa shape index (κ2) is 10.0. The lowest BCUT2D eigenvalue weighted by Gasteiger charge is -2.15. The molecular formula is C16H19F4IN4S. The van der Waals surface area contributed by atoms with Gasteiger partial charge in [-0.3, -0.25) is 4.99 Å². The van der Waals surface area contributed by atoms with Crippen molar-refractivity contribution in [1.29, 1.82) is 0 Å². The van der Waals surface area contributed by atoms with Crippen molar-refractivity contribution in [2.24, 2.45) is 4.99 Å². The predicted octanol–water partition coefficient (Wildman–Crippen LogP) is 4.35. The fraction of sp³-hybridized carbons (Fsp3) is 0.375. The van der Waals surface area contributed by atoms with Crippen molar-refractivity contribution >= 4 is 41.3 Å². The van der Waals surface area contributed by atoms with E-state index in [4.69, 9.17) is 0 Å². The molecule has 2 aromatic rings. The van der Waals surface area contributed by atoms with Gasteiger partial charge in [-0.1, -0.05) is 13.0 Å². The fourth-order valence-corrected chi connectivity index (χ4v) is 2.92. The number of guanidine groups is 1. The van der Waals surface area contributed by atoms with Gasteiger partial charge in [-0.15, -0.1) is 35.3 Å². The van der Waals surface area contributed by atoms with E-state index >= 15 is 0 Å². The van der Waals surface area contributed by atoms with Crippen molar-refractivity contribution in [3.05, 3.63) is 51.2 Å². The van der Waals surface area contributed by atoms with E-state index in [-0.39, 0.29) is 36.1 Å². The summed E-state index contributed by atoms with van der Waals surface area (Å²) in [6, 6.07) is 2.62. The molecule has 0 fully saturated rings. The van der Waals surface area contributed by atoms with Crippen LogP contribution in [-0.4, -0.2) is 18.0 Å². The molecule has 0 unspecified atom stereocenters. The molecule has 1 aromatic heterocycles. The Morgan fingerprint density at radius 1 is 1.23 bits per heavy atom. The molecule has 0 saturated carbocycles. The molecule has 0 saturated heterocycles. The van der Waals surface area contributed by atoms with Crippen molar-refractivity contribution in [3.63, 3.8) is 0 Å². The number of aryl methyl sites for hydroxylation is 1. The highest BCUT2D eigenvalue weighted by Gasteiger charge is 2.33. The highest BCUT2D eigenvalue weighted by molar-refractivity contribution is 14.0. The third-order valence-corrected chi connectivity index (χ3v) is 4.55. The highest BCUT2D eigenvalue weighted by atomic mass is 127. The van der Waals surface area contributed by atoms with Crippen LogP contribution in [0.4, 0.5) is 17.6 Å². The maximum Gasteiger partial charge on any atom is 0.416 e. The molecule has 2 N–H and O–H groups in total. The first-order chi connectivity index (χ1) is 11.8. The van der Waals surface area contributed by atoms with E-state index in [2.05, 4.69) is 20.6 Å². The summed E-state index contributed by atoms with van der Waals surface area (Å²) in [5, 5.41) is 6.66. The second-order valence-corrected chi connectivity index (χ2v) is 6.35. The quantitative estimate of drug-likeness (QED) is 0.277. The average Bonchev–Trinajstić information content (AvgIpc) is 3.03. The monoisotopic (exact) mass is 502 g/mol. The van der Waals surface area contributed by atoms with Crippen LogP contribution >= 0.6 is 35.3 Å². The van der Waals surface area contributed by atoms with Gasteiger partial charge in [-0.25, -0.2) is 9.37 Å². The van der Waals surface area contributed by atoms with Crippen LogP contribution in [0.15, 0.2) is 29.4 Å². The zero-order valence-corrected chi connectivity index (χ0v) is 17.3. The molecule has 0 spiro atoms. The maximum absolute atomic E-state index is 13.1. The Bertz CT molecular complexity index is 746. The first kappa shape index (κ1) is 22.6. The Kier molecular flexibility index (Phi) is 8.74. The number of aliphatic imine (C=N–C) groups is 1. The minimum Gasteiger partial charge on any atom is -0.352 e. The number of nitrogens with zero attached hydrogens (tertiary/aromatic N) is 2. The van der Waals surface area contributed by atoms with Crippen molar-refractivity contribution in [2.45, 2.75) is 32.6 Å². The molecule has 2 rings (SSSR count). The third-order valence-electron chi connectivity index (χ3n) is 3.40. The van der Waals surface area contributed by atoms with Gasteiger partial charge in [0, 0.05) is 24.7 Å².